The fourth-order valence-corrected chi connectivity index (χ4v) is 1.81. The lowest BCUT2D eigenvalue weighted by atomic mass is 10.1. The smallest absolute Gasteiger partial charge is 0.431 e. The zero-order valence-corrected chi connectivity index (χ0v) is 14.3. The highest BCUT2D eigenvalue weighted by molar-refractivity contribution is 5.63. The minimum atomic E-state index is -1.03. The van der Waals surface area contributed by atoms with E-state index in [1.165, 1.54) is 0 Å². The van der Waals surface area contributed by atoms with Crippen LogP contribution in [0.25, 0.3) is 0 Å². The van der Waals surface area contributed by atoms with Gasteiger partial charge in [-0.1, -0.05) is 53.4 Å². The number of hydrogen-bond acceptors (Lipinski definition) is 6. The van der Waals surface area contributed by atoms with E-state index in [2.05, 4.69) is 23.6 Å². The second kappa shape index (κ2) is 13.2. The molecule has 0 heterocycles. The Balaban J connectivity index is 3.66. The van der Waals surface area contributed by atoms with E-state index in [9.17, 15) is 9.59 Å². The molecular formula is C16H30O6. The fraction of sp³-hybridized carbons (Fsp3) is 0.875. The molecule has 0 bridgehead atoms. The molecule has 0 amide bonds. The molecule has 0 rings (SSSR count). The van der Waals surface area contributed by atoms with Crippen LogP contribution in [0.2, 0.25) is 0 Å². The maximum atomic E-state index is 11.2. The fourth-order valence-electron chi connectivity index (χ4n) is 1.81. The Morgan fingerprint density at radius 1 is 0.773 bits per heavy atom. The topological polar surface area (TPSA) is 71.1 Å². The second-order valence-corrected chi connectivity index (χ2v) is 5.78. The lowest BCUT2D eigenvalue weighted by Crippen LogP contribution is -2.18. The lowest BCUT2D eigenvalue weighted by Gasteiger charge is -2.11. The van der Waals surface area contributed by atoms with Crippen molar-refractivity contribution in [2.24, 2.45) is 11.8 Å². The molecule has 0 aromatic heterocycles. The normalized spacial score (nSPS) is 13.1. The van der Waals surface area contributed by atoms with E-state index in [1.54, 1.807) is 0 Å². The monoisotopic (exact) mass is 318 g/mol. The lowest BCUT2D eigenvalue weighted by molar-refractivity contribution is -0.219. The zero-order chi connectivity index (χ0) is 16.8. The molecule has 2 atom stereocenters. The molecule has 22 heavy (non-hydrogen) atoms. The summed E-state index contributed by atoms with van der Waals surface area (Å²) in [7, 11) is 0. The summed E-state index contributed by atoms with van der Waals surface area (Å²) in [5, 5.41) is 0. The summed E-state index contributed by atoms with van der Waals surface area (Å²) in [6.07, 6.45) is 4.25. The maximum absolute atomic E-state index is 11.2. The van der Waals surface area contributed by atoms with Gasteiger partial charge in [0.1, 0.15) is 0 Å². The van der Waals surface area contributed by atoms with Crippen LogP contribution in [0.15, 0.2) is 0 Å². The SMILES string of the molecule is CCCCC(C)COC(=O)OOC(=O)OCC(C)CCCC. The van der Waals surface area contributed by atoms with Gasteiger partial charge in [-0.3, -0.25) is 0 Å². The molecule has 0 fully saturated rings. The Morgan fingerprint density at radius 2 is 1.14 bits per heavy atom. The van der Waals surface area contributed by atoms with Crippen molar-refractivity contribution < 1.29 is 28.8 Å². The van der Waals surface area contributed by atoms with E-state index >= 15 is 0 Å². The van der Waals surface area contributed by atoms with Crippen LogP contribution in [-0.4, -0.2) is 25.5 Å². The molecule has 0 spiro atoms. The van der Waals surface area contributed by atoms with Crippen LogP contribution in [0, 0.1) is 11.8 Å². The number of carbonyl (C=O) groups excluding carboxylic acids is 2. The molecular weight excluding hydrogens is 288 g/mol. The van der Waals surface area contributed by atoms with Gasteiger partial charge in [-0.05, 0) is 24.7 Å². The van der Waals surface area contributed by atoms with E-state index in [1.807, 2.05) is 13.8 Å². The number of ether oxygens (including phenoxy) is 2. The van der Waals surface area contributed by atoms with Gasteiger partial charge in [-0.2, -0.15) is 19.4 Å². The van der Waals surface area contributed by atoms with E-state index in [0.29, 0.717) is 0 Å². The first-order valence-corrected chi connectivity index (χ1v) is 8.17. The van der Waals surface area contributed by atoms with Crippen molar-refractivity contribution in [3.05, 3.63) is 0 Å². The predicted octanol–water partition coefficient (Wildman–Crippen LogP) is 4.86. The number of rotatable bonds is 10. The van der Waals surface area contributed by atoms with Crippen LogP contribution in [0.3, 0.4) is 0 Å². The van der Waals surface area contributed by atoms with Gasteiger partial charge in [0.25, 0.3) is 0 Å². The summed E-state index contributed by atoms with van der Waals surface area (Å²) in [5.41, 5.74) is 0. The molecule has 0 aromatic carbocycles. The van der Waals surface area contributed by atoms with E-state index in [0.717, 1.165) is 38.5 Å². The molecule has 0 aliphatic heterocycles. The van der Waals surface area contributed by atoms with Gasteiger partial charge in [-0.25, -0.2) is 0 Å². The van der Waals surface area contributed by atoms with Crippen molar-refractivity contribution in [2.45, 2.75) is 66.2 Å². The van der Waals surface area contributed by atoms with Gasteiger partial charge < -0.3 is 9.47 Å². The molecule has 0 saturated heterocycles. The third-order valence-electron chi connectivity index (χ3n) is 3.25. The molecule has 0 aliphatic rings. The van der Waals surface area contributed by atoms with Crippen LogP contribution in [0.5, 0.6) is 0 Å². The highest BCUT2D eigenvalue weighted by Crippen LogP contribution is 2.09. The Hall–Kier alpha value is -1.46. The molecule has 0 aliphatic carbocycles. The highest BCUT2D eigenvalue weighted by atomic mass is 17.3. The van der Waals surface area contributed by atoms with Crippen molar-refractivity contribution in [1.29, 1.82) is 0 Å². The number of carbonyl (C=O) groups is 2. The number of unbranched alkanes of at least 4 members (excludes halogenated alkanes) is 2. The molecule has 6 heteroatoms. The minimum absolute atomic E-state index is 0.241. The summed E-state index contributed by atoms with van der Waals surface area (Å²) in [5.74, 6) is 0.498. The summed E-state index contributed by atoms with van der Waals surface area (Å²) >= 11 is 0. The van der Waals surface area contributed by atoms with Crippen LogP contribution in [-0.2, 0) is 19.2 Å². The molecule has 0 N–H and O–H groups in total. The number of hydrogen-bond donors (Lipinski definition) is 0. The summed E-state index contributed by atoms with van der Waals surface area (Å²) in [4.78, 5) is 30.9. The van der Waals surface area contributed by atoms with E-state index in [4.69, 9.17) is 9.47 Å². The predicted molar refractivity (Wildman–Crippen MR) is 82.2 cm³/mol. The molecule has 0 aromatic rings. The van der Waals surface area contributed by atoms with Crippen LogP contribution >= 0.6 is 0 Å². The van der Waals surface area contributed by atoms with Crippen LogP contribution in [0.1, 0.15) is 66.2 Å². The van der Waals surface area contributed by atoms with E-state index in [-0.39, 0.29) is 25.0 Å². The zero-order valence-electron chi connectivity index (χ0n) is 14.3. The van der Waals surface area contributed by atoms with Crippen molar-refractivity contribution in [3.63, 3.8) is 0 Å². The Bertz CT molecular complexity index is 275. The second-order valence-electron chi connectivity index (χ2n) is 5.78. The Kier molecular flexibility index (Phi) is 12.3. The first-order chi connectivity index (χ1) is 10.5. The molecule has 2 unspecified atom stereocenters. The van der Waals surface area contributed by atoms with Gasteiger partial charge in [0.15, 0.2) is 0 Å². The summed E-state index contributed by atoms with van der Waals surface area (Å²) in [6, 6.07) is 0. The third kappa shape index (κ3) is 12.3. The average molecular weight is 318 g/mol. The molecule has 0 saturated carbocycles. The summed E-state index contributed by atoms with van der Waals surface area (Å²) in [6.45, 7) is 8.65. The standard InChI is InChI=1S/C16H30O6/c1-5-7-9-13(3)11-19-15(17)21-22-16(18)20-12-14(4)10-8-6-2/h13-14H,5-12H2,1-4H3. The Morgan fingerprint density at radius 3 is 1.45 bits per heavy atom. The molecule has 0 radical (unpaired) electrons. The molecule has 6 nitrogen and oxygen atoms in total. The molecule has 130 valence electrons. The Labute approximate surface area is 133 Å². The van der Waals surface area contributed by atoms with Gasteiger partial charge in [0, 0.05) is 0 Å². The van der Waals surface area contributed by atoms with Gasteiger partial charge in [-0.15, -0.1) is 0 Å². The average Bonchev–Trinajstić information content (AvgIpc) is 2.52. The first-order valence-electron chi connectivity index (χ1n) is 8.17. The van der Waals surface area contributed by atoms with Crippen molar-refractivity contribution in [3.8, 4) is 0 Å². The van der Waals surface area contributed by atoms with Gasteiger partial charge in [0.2, 0.25) is 0 Å². The first kappa shape index (κ1) is 20.5. The third-order valence-corrected chi connectivity index (χ3v) is 3.25. The van der Waals surface area contributed by atoms with Gasteiger partial charge in [0.05, 0.1) is 13.2 Å². The minimum Gasteiger partial charge on any atom is -0.431 e. The van der Waals surface area contributed by atoms with E-state index < -0.39 is 12.3 Å². The van der Waals surface area contributed by atoms with Crippen molar-refractivity contribution in [2.75, 3.05) is 13.2 Å². The maximum Gasteiger partial charge on any atom is 0.550 e. The van der Waals surface area contributed by atoms with Crippen molar-refractivity contribution >= 4 is 12.3 Å². The summed E-state index contributed by atoms with van der Waals surface area (Å²) < 4.78 is 9.67. The van der Waals surface area contributed by atoms with Crippen LogP contribution in [0.4, 0.5) is 9.59 Å². The van der Waals surface area contributed by atoms with Crippen molar-refractivity contribution in [1.82, 2.24) is 0 Å². The van der Waals surface area contributed by atoms with Gasteiger partial charge >= 0.3 is 12.3 Å². The largest absolute Gasteiger partial charge is 0.550 e. The quantitative estimate of drug-likeness (QED) is 0.325. The van der Waals surface area contributed by atoms with Crippen LogP contribution < -0.4 is 0 Å². The highest BCUT2D eigenvalue weighted by Gasteiger charge is 2.14.